The summed E-state index contributed by atoms with van der Waals surface area (Å²) in [6.07, 6.45) is -4.88. The standard InChI is InChI=1S/C21H29N7O14P2/c22-17-12-19(25-7-24-17)28(8-26-12)21-16(32)14(30)11(41-21)6-39-44(36,37)42-43(34,35)38-5-10-13(29)15(31)20(40-10)27-3-1-2-9(4-27)18(23)33/h1,3-4,7-8,10-11,13-16,20-21,29-32H,2,5-6H2,(H2,23,33)(H,34,35)(H,36,37)(H2,22,24,25)/t10-,11-,13?,14?,15+,16+,20-,21-/m1/s1. The molecule has 0 aromatic carbocycles. The van der Waals surface area contributed by atoms with Gasteiger partial charge in [0.1, 0.15) is 48.5 Å². The molecule has 0 radical (unpaired) electrons. The summed E-state index contributed by atoms with van der Waals surface area (Å²) in [7, 11) is -10.7. The number of aliphatic hydroxyl groups is 4. The number of hydrogen-bond acceptors (Lipinski definition) is 17. The number of nitrogens with zero attached hydrogens (tertiary/aromatic N) is 5. The van der Waals surface area contributed by atoms with Gasteiger partial charge in [-0.1, -0.05) is 6.08 Å². The normalized spacial score (nSPS) is 33.3. The molecule has 1 amide bonds. The summed E-state index contributed by atoms with van der Waals surface area (Å²) < 4.78 is 50.8. The van der Waals surface area contributed by atoms with Gasteiger partial charge >= 0.3 is 15.6 Å². The van der Waals surface area contributed by atoms with Crippen LogP contribution in [0.2, 0.25) is 0 Å². The predicted octanol–water partition coefficient (Wildman–Crippen LogP) is -2.69. The first-order valence-electron chi connectivity index (χ1n) is 12.7. The number of rotatable bonds is 11. The van der Waals surface area contributed by atoms with Gasteiger partial charge in [-0.15, -0.1) is 0 Å². The largest absolute Gasteiger partial charge is 0.481 e. The number of allylic oxidation sites excluding steroid dienone is 1. The number of aromatic nitrogens is 4. The van der Waals surface area contributed by atoms with Gasteiger partial charge in [-0.25, -0.2) is 24.1 Å². The van der Waals surface area contributed by atoms with E-state index in [2.05, 4.69) is 19.3 Å². The second-order valence-corrected chi connectivity index (χ2v) is 12.9. The van der Waals surface area contributed by atoms with E-state index in [0.29, 0.717) is 0 Å². The first-order chi connectivity index (χ1) is 20.7. The summed E-state index contributed by atoms with van der Waals surface area (Å²) in [5, 5.41) is 41.6. The van der Waals surface area contributed by atoms with Crippen LogP contribution in [0, 0.1) is 0 Å². The minimum absolute atomic E-state index is 0.0517. The Balaban J connectivity index is 1.15. The van der Waals surface area contributed by atoms with Crippen molar-refractivity contribution in [3.8, 4) is 0 Å². The molecule has 242 valence electrons. The average Bonchev–Trinajstić information content (AvgIpc) is 3.61. The Labute approximate surface area is 247 Å². The molecule has 44 heavy (non-hydrogen) atoms. The first-order valence-corrected chi connectivity index (χ1v) is 15.7. The molecule has 3 aliphatic heterocycles. The van der Waals surface area contributed by atoms with Gasteiger partial charge in [-0.3, -0.25) is 18.4 Å². The molecular weight excluding hydrogens is 636 g/mol. The van der Waals surface area contributed by atoms with E-state index in [1.54, 1.807) is 6.08 Å². The quantitative estimate of drug-likeness (QED) is 0.113. The number of aliphatic hydroxyl groups excluding tert-OH is 4. The van der Waals surface area contributed by atoms with Crippen molar-refractivity contribution in [1.82, 2.24) is 24.4 Å². The van der Waals surface area contributed by atoms with Crippen LogP contribution in [-0.2, 0) is 36.8 Å². The molecule has 2 saturated heterocycles. The molecule has 0 bridgehead atoms. The fraction of sp³-hybridized carbons (Fsp3) is 0.524. The van der Waals surface area contributed by atoms with Crippen LogP contribution in [0.1, 0.15) is 12.6 Å². The fourth-order valence-electron chi connectivity index (χ4n) is 4.68. The molecule has 0 saturated carbocycles. The number of hydrogen-bond donors (Lipinski definition) is 8. The van der Waals surface area contributed by atoms with Gasteiger partial charge in [0, 0.05) is 18.0 Å². The van der Waals surface area contributed by atoms with Crippen LogP contribution in [0.15, 0.2) is 36.7 Å². The van der Waals surface area contributed by atoms with Crippen molar-refractivity contribution >= 4 is 38.5 Å². The van der Waals surface area contributed by atoms with Gasteiger partial charge in [0.25, 0.3) is 0 Å². The summed E-state index contributed by atoms with van der Waals surface area (Å²) in [4.78, 5) is 44.6. The van der Waals surface area contributed by atoms with E-state index in [-0.39, 0.29) is 29.0 Å². The Hall–Kier alpha value is -2.88. The van der Waals surface area contributed by atoms with Crippen LogP contribution in [0.25, 0.3) is 11.2 Å². The van der Waals surface area contributed by atoms with E-state index < -0.39 is 83.8 Å². The van der Waals surface area contributed by atoms with Crippen LogP contribution in [-0.4, -0.2) is 117 Å². The molecular formula is C21H29N7O14P2. The number of fused-ring (bicyclic) bond motifs is 1. The van der Waals surface area contributed by atoms with E-state index in [1.165, 1.54) is 28.2 Å². The fourth-order valence-corrected chi connectivity index (χ4v) is 6.77. The van der Waals surface area contributed by atoms with E-state index in [0.717, 1.165) is 6.33 Å². The third-order valence-corrected chi connectivity index (χ3v) is 9.48. The van der Waals surface area contributed by atoms with Crippen molar-refractivity contribution < 1.29 is 67.0 Å². The summed E-state index contributed by atoms with van der Waals surface area (Å²) in [5.74, 6) is -0.658. The molecule has 5 heterocycles. The van der Waals surface area contributed by atoms with Gasteiger partial charge in [0.15, 0.2) is 23.9 Å². The number of primary amides is 1. The summed E-state index contributed by atoms with van der Waals surface area (Å²) in [6.45, 7) is -1.79. The third kappa shape index (κ3) is 6.70. The number of nitrogen functional groups attached to an aromatic ring is 1. The molecule has 5 rings (SSSR count). The molecule has 2 aromatic heterocycles. The Morgan fingerprint density at radius 3 is 2.16 bits per heavy atom. The van der Waals surface area contributed by atoms with Crippen LogP contribution in [0.5, 0.6) is 0 Å². The van der Waals surface area contributed by atoms with Gasteiger partial charge in [0.05, 0.1) is 19.5 Å². The van der Waals surface area contributed by atoms with E-state index in [4.69, 9.17) is 30.0 Å². The number of phosphoric ester groups is 2. The lowest BCUT2D eigenvalue weighted by molar-refractivity contribution is -0.115. The van der Waals surface area contributed by atoms with E-state index in [9.17, 15) is 44.1 Å². The zero-order valence-electron chi connectivity index (χ0n) is 22.4. The maximum atomic E-state index is 12.4. The number of imidazole rings is 1. The second-order valence-electron chi connectivity index (χ2n) is 9.84. The minimum Gasteiger partial charge on any atom is -0.387 e. The SMILES string of the molecule is NC(=O)C1=CN([C@@H]2O[C@H](COP(=O)(O)OP(=O)(O)OC[C@H]3O[C@@H](n4cnc5c(N)ncnc54)[C@@H](O)C3O)C(O)[C@@H]2O)C=CC1. The average molecular weight is 665 g/mol. The third-order valence-electron chi connectivity index (χ3n) is 6.88. The van der Waals surface area contributed by atoms with Gasteiger partial charge in [-0.05, 0) is 6.42 Å². The van der Waals surface area contributed by atoms with E-state index in [1.807, 2.05) is 0 Å². The van der Waals surface area contributed by atoms with Crippen molar-refractivity contribution in [2.45, 2.75) is 55.5 Å². The van der Waals surface area contributed by atoms with Gasteiger partial charge in [0.2, 0.25) is 5.91 Å². The highest BCUT2D eigenvalue weighted by Crippen LogP contribution is 2.60. The monoisotopic (exact) mass is 665 g/mol. The van der Waals surface area contributed by atoms with Crippen LogP contribution >= 0.6 is 15.6 Å². The van der Waals surface area contributed by atoms with Crippen molar-refractivity contribution in [3.63, 3.8) is 0 Å². The zero-order valence-corrected chi connectivity index (χ0v) is 24.2. The van der Waals surface area contributed by atoms with Crippen molar-refractivity contribution in [3.05, 3.63) is 36.7 Å². The number of nitrogens with two attached hydrogens (primary N) is 2. The molecule has 4 unspecified atom stereocenters. The molecule has 0 aliphatic carbocycles. The summed E-state index contributed by atoms with van der Waals surface area (Å²) in [5.41, 5.74) is 11.6. The molecule has 10 N–H and O–H groups in total. The number of carbonyl (C=O) groups is 1. The molecule has 0 spiro atoms. The second kappa shape index (κ2) is 12.5. The zero-order chi connectivity index (χ0) is 32.0. The lowest BCUT2D eigenvalue weighted by Crippen LogP contribution is -2.40. The van der Waals surface area contributed by atoms with Crippen molar-refractivity contribution in [1.29, 1.82) is 0 Å². The number of ether oxygens (including phenoxy) is 2. The Morgan fingerprint density at radius 1 is 0.955 bits per heavy atom. The molecule has 10 atom stereocenters. The number of amides is 1. The highest BCUT2D eigenvalue weighted by atomic mass is 31.3. The lowest BCUT2D eigenvalue weighted by Gasteiger charge is -2.28. The minimum atomic E-state index is -5.37. The van der Waals surface area contributed by atoms with Crippen LogP contribution < -0.4 is 11.5 Å². The Kier molecular flexibility index (Phi) is 9.23. The Morgan fingerprint density at radius 2 is 1.55 bits per heavy atom. The van der Waals surface area contributed by atoms with Crippen molar-refractivity contribution in [2.24, 2.45) is 5.73 Å². The molecule has 2 fully saturated rings. The topological polar surface area (TPSA) is 318 Å². The number of anilines is 1. The highest BCUT2D eigenvalue weighted by molar-refractivity contribution is 7.61. The molecule has 3 aliphatic rings. The van der Waals surface area contributed by atoms with E-state index >= 15 is 0 Å². The van der Waals surface area contributed by atoms with Crippen LogP contribution in [0.4, 0.5) is 5.82 Å². The van der Waals surface area contributed by atoms with Gasteiger partial charge in [-0.2, -0.15) is 4.31 Å². The summed E-state index contributed by atoms with van der Waals surface area (Å²) in [6, 6.07) is 0. The predicted molar refractivity (Wildman–Crippen MR) is 142 cm³/mol. The van der Waals surface area contributed by atoms with Crippen molar-refractivity contribution in [2.75, 3.05) is 18.9 Å². The van der Waals surface area contributed by atoms with Crippen LogP contribution in [0.3, 0.4) is 0 Å². The summed E-state index contributed by atoms with van der Waals surface area (Å²) >= 11 is 0. The first kappa shape index (κ1) is 32.5. The maximum absolute atomic E-state index is 12.4. The molecule has 21 nitrogen and oxygen atoms in total. The maximum Gasteiger partial charge on any atom is 0.481 e. The number of carbonyl (C=O) groups excluding carboxylic acids is 1. The van der Waals surface area contributed by atoms with Gasteiger partial charge < -0.3 is 56.1 Å². The molecule has 2 aromatic rings. The lowest BCUT2D eigenvalue weighted by atomic mass is 10.1. The molecule has 23 heteroatoms. The highest BCUT2D eigenvalue weighted by Gasteiger charge is 2.48. The Bertz CT molecular complexity index is 1560. The number of phosphoric acid groups is 2. The smallest absolute Gasteiger partial charge is 0.387 e.